The van der Waals surface area contributed by atoms with Crippen LogP contribution in [0.4, 0.5) is 11.5 Å². The second kappa shape index (κ2) is 9.18. The number of anilines is 2. The van der Waals surface area contributed by atoms with Crippen molar-refractivity contribution in [2.24, 2.45) is 0 Å². The summed E-state index contributed by atoms with van der Waals surface area (Å²) < 4.78 is 5.27. The van der Waals surface area contributed by atoms with Crippen LogP contribution in [0.2, 0.25) is 0 Å². The molecule has 1 fully saturated rings. The van der Waals surface area contributed by atoms with Crippen molar-refractivity contribution in [2.45, 2.75) is 32.1 Å². The Kier molecular flexibility index (Phi) is 5.79. The Hall–Kier alpha value is -3.74. The quantitative estimate of drug-likeness (QED) is 0.490. The molecule has 5 rings (SSSR count). The highest BCUT2D eigenvalue weighted by Crippen LogP contribution is 2.23. The predicted molar refractivity (Wildman–Crippen MR) is 124 cm³/mol. The first kappa shape index (κ1) is 20.2. The third kappa shape index (κ3) is 4.46. The van der Waals surface area contributed by atoms with E-state index in [9.17, 15) is 4.79 Å². The van der Waals surface area contributed by atoms with E-state index < -0.39 is 0 Å². The van der Waals surface area contributed by atoms with E-state index in [4.69, 9.17) is 4.52 Å². The summed E-state index contributed by atoms with van der Waals surface area (Å²) in [6, 6.07) is 19.2. The van der Waals surface area contributed by atoms with Crippen molar-refractivity contribution < 1.29 is 9.32 Å². The van der Waals surface area contributed by atoms with Crippen LogP contribution in [0, 0.1) is 0 Å². The minimum atomic E-state index is -0.140. The van der Waals surface area contributed by atoms with Gasteiger partial charge >= 0.3 is 0 Å². The van der Waals surface area contributed by atoms with Crippen molar-refractivity contribution in [1.82, 2.24) is 15.4 Å². The summed E-state index contributed by atoms with van der Waals surface area (Å²) in [6.45, 7) is 2.10. The zero-order valence-corrected chi connectivity index (χ0v) is 17.8. The molecule has 32 heavy (non-hydrogen) atoms. The van der Waals surface area contributed by atoms with Gasteiger partial charge in [-0.2, -0.15) is 0 Å². The van der Waals surface area contributed by atoms with E-state index in [1.807, 2.05) is 60.7 Å². The first-order valence-electron chi connectivity index (χ1n) is 11.1. The molecular formula is C25H25N5O2. The summed E-state index contributed by atoms with van der Waals surface area (Å²) >= 11 is 0. The third-order valence-electron chi connectivity index (χ3n) is 5.83. The molecule has 0 unspecified atom stereocenters. The number of para-hydroxylation sites is 1. The lowest BCUT2D eigenvalue weighted by atomic mass is 10.1. The van der Waals surface area contributed by atoms with E-state index in [0.29, 0.717) is 11.3 Å². The molecule has 0 spiro atoms. The number of hydrogen-bond acceptors (Lipinski definition) is 6. The summed E-state index contributed by atoms with van der Waals surface area (Å²) in [7, 11) is 0. The van der Waals surface area contributed by atoms with Gasteiger partial charge in [0.05, 0.1) is 12.1 Å². The fraction of sp³-hybridized carbons (Fsp3) is 0.280. The summed E-state index contributed by atoms with van der Waals surface area (Å²) in [5, 5.41) is 16.7. The van der Waals surface area contributed by atoms with Crippen molar-refractivity contribution >= 4 is 28.4 Å². The normalized spacial score (nSPS) is 14.3. The standard InChI is InChI=1S/C25H25N5O2/c31-25(17-22-20-7-3-4-8-23(20)32-29-22)26-19-11-9-18(10-12-19)21-13-14-24(28-27-21)30-15-5-1-2-6-16-30/h3-4,7-14H,1-2,5-6,15-17H2,(H,26,31). The van der Waals surface area contributed by atoms with Gasteiger partial charge in [0.1, 0.15) is 5.69 Å². The van der Waals surface area contributed by atoms with Crippen molar-refractivity contribution in [3.63, 3.8) is 0 Å². The van der Waals surface area contributed by atoms with Crippen molar-refractivity contribution in [3.05, 3.63) is 66.4 Å². The minimum absolute atomic E-state index is 0.140. The molecule has 2 aromatic heterocycles. The molecule has 0 atom stereocenters. The zero-order valence-electron chi connectivity index (χ0n) is 17.8. The number of amides is 1. The monoisotopic (exact) mass is 427 g/mol. The van der Waals surface area contributed by atoms with Crippen molar-refractivity contribution in [3.8, 4) is 11.3 Å². The van der Waals surface area contributed by atoms with E-state index in [-0.39, 0.29) is 12.3 Å². The van der Waals surface area contributed by atoms with E-state index in [1.54, 1.807) is 0 Å². The molecular weight excluding hydrogens is 402 g/mol. The van der Waals surface area contributed by atoms with Crippen LogP contribution in [0.3, 0.4) is 0 Å². The number of carbonyl (C=O) groups excluding carboxylic acids is 1. The lowest BCUT2D eigenvalue weighted by molar-refractivity contribution is -0.115. The van der Waals surface area contributed by atoms with Gasteiger partial charge in [0.15, 0.2) is 11.4 Å². The van der Waals surface area contributed by atoms with Gasteiger partial charge in [0.2, 0.25) is 5.91 Å². The number of nitrogens with zero attached hydrogens (tertiary/aromatic N) is 4. The molecule has 1 aliphatic heterocycles. The van der Waals surface area contributed by atoms with Crippen LogP contribution in [-0.2, 0) is 11.2 Å². The molecule has 2 aromatic carbocycles. The maximum atomic E-state index is 12.5. The molecule has 1 saturated heterocycles. The highest BCUT2D eigenvalue weighted by molar-refractivity contribution is 5.94. The molecule has 1 N–H and O–H groups in total. The molecule has 7 heteroatoms. The van der Waals surface area contributed by atoms with Gasteiger partial charge in [-0.15, -0.1) is 10.2 Å². The Labute approximate surface area is 186 Å². The number of aromatic nitrogens is 3. The topological polar surface area (TPSA) is 84.2 Å². The van der Waals surface area contributed by atoms with Crippen LogP contribution in [0.25, 0.3) is 22.2 Å². The Morgan fingerprint density at radius 1 is 0.906 bits per heavy atom. The van der Waals surface area contributed by atoms with Gasteiger partial charge in [-0.1, -0.05) is 42.3 Å². The van der Waals surface area contributed by atoms with Crippen LogP contribution in [0.5, 0.6) is 0 Å². The number of rotatable bonds is 5. The fourth-order valence-corrected chi connectivity index (χ4v) is 4.09. The molecule has 162 valence electrons. The van der Waals surface area contributed by atoms with E-state index >= 15 is 0 Å². The second-order valence-corrected chi connectivity index (χ2v) is 8.11. The van der Waals surface area contributed by atoms with Crippen LogP contribution in [0.1, 0.15) is 31.4 Å². The minimum Gasteiger partial charge on any atom is -0.356 e. The van der Waals surface area contributed by atoms with Gasteiger partial charge < -0.3 is 14.7 Å². The lowest BCUT2D eigenvalue weighted by Gasteiger charge is -2.20. The Balaban J connectivity index is 1.22. The number of nitrogens with one attached hydrogen (secondary N) is 1. The molecule has 0 bridgehead atoms. The van der Waals surface area contributed by atoms with Crippen LogP contribution >= 0.6 is 0 Å². The molecule has 1 aliphatic rings. The number of hydrogen-bond donors (Lipinski definition) is 1. The molecule has 0 radical (unpaired) electrons. The van der Waals surface area contributed by atoms with Crippen molar-refractivity contribution in [2.75, 3.05) is 23.3 Å². The van der Waals surface area contributed by atoms with E-state index in [0.717, 1.165) is 41.2 Å². The van der Waals surface area contributed by atoms with Gasteiger partial charge in [-0.3, -0.25) is 4.79 Å². The number of carbonyl (C=O) groups is 1. The number of benzene rings is 2. The smallest absolute Gasteiger partial charge is 0.230 e. The van der Waals surface area contributed by atoms with E-state index in [1.165, 1.54) is 25.7 Å². The molecule has 0 aliphatic carbocycles. The average molecular weight is 428 g/mol. The van der Waals surface area contributed by atoms with Crippen molar-refractivity contribution in [1.29, 1.82) is 0 Å². The van der Waals surface area contributed by atoms with Gasteiger partial charge in [-0.05, 0) is 49.2 Å². The zero-order chi connectivity index (χ0) is 21.8. The summed E-state index contributed by atoms with van der Waals surface area (Å²) in [6.07, 6.45) is 5.16. The third-order valence-corrected chi connectivity index (χ3v) is 5.83. The first-order chi connectivity index (χ1) is 15.8. The highest BCUT2D eigenvalue weighted by atomic mass is 16.5. The Morgan fingerprint density at radius 2 is 1.69 bits per heavy atom. The van der Waals surface area contributed by atoms with Gasteiger partial charge in [0.25, 0.3) is 0 Å². The average Bonchev–Trinajstić information content (AvgIpc) is 3.04. The Bertz CT molecular complexity index is 1190. The predicted octanol–water partition coefficient (Wildman–Crippen LogP) is 4.85. The largest absolute Gasteiger partial charge is 0.356 e. The summed E-state index contributed by atoms with van der Waals surface area (Å²) in [5.41, 5.74) is 3.81. The first-order valence-corrected chi connectivity index (χ1v) is 11.1. The maximum Gasteiger partial charge on any atom is 0.230 e. The van der Waals surface area contributed by atoms with Crippen LogP contribution in [-0.4, -0.2) is 34.4 Å². The second-order valence-electron chi connectivity index (χ2n) is 8.11. The van der Waals surface area contributed by atoms with Crippen LogP contribution < -0.4 is 10.2 Å². The SMILES string of the molecule is O=C(Cc1noc2ccccc12)Nc1ccc(-c2ccc(N3CCCCCC3)nn2)cc1. The molecule has 1 amide bonds. The summed E-state index contributed by atoms with van der Waals surface area (Å²) in [4.78, 5) is 14.8. The lowest BCUT2D eigenvalue weighted by Crippen LogP contribution is -2.25. The fourth-order valence-electron chi connectivity index (χ4n) is 4.09. The molecule has 3 heterocycles. The van der Waals surface area contributed by atoms with Crippen LogP contribution in [0.15, 0.2) is 65.2 Å². The molecule has 4 aromatic rings. The van der Waals surface area contributed by atoms with Gasteiger partial charge in [-0.25, -0.2) is 0 Å². The Morgan fingerprint density at radius 3 is 2.44 bits per heavy atom. The number of fused-ring (bicyclic) bond motifs is 1. The molecule has 0 saturated carbocycles. The van der Waals surface area contributed by atoms with E-state index in [2.05, 4.69) is 25.6 Å². The molecule has 7 nitrogen and oxygen atoms in total. The summed E-state index contributed by atoms with van der Waals surface area (Å²) in [5.74, 6) is 0.804. The van der Waals surface area contributed by atoms with Gasteiger partial charge in [0, 0.05) is 29.7 Å². The maximum absolute atomic E-state index is 12.5. The highest BCUT2D eigenvalue weighted by Gasteiger charge is 2.13.